The Morgan fingerprint density at radius 1 is 1.06 bits per heavy atom. The molecule has 0 amide bonds. The first-order valence-electron chi connectivity index (χ1n) is 6.19. The van der Waals surface area contributed by atoms with Crippen molar-refractivity contribution in [2.24, 2.45) is 5.73 Å². The molecular formula is C15H20N2S. The van der Waals surface area contributed by atoms with Gasteiger partial charge in [-0.2, -0.15) is 0 Å². The Bertz CT molecular complexity index is 571. The average Bonchev–Trinajstić information content (AvgIpc) is 2.68. The molecule has 1 aromatic carbocycles. The van der Waals surface area contributed by atoms with Crippen LogP contribution in [0.5, 0.6) is 0 Å². The van der Waals surface area contributed by atoms with Gasteiger partial charge in [-0.05, 0) is 56.9 Å². The summed E-state index contributed by atoms with van der Waals surface area (Å²) in [6.45, 7) is 11.3. The SMILES string of the molecule is Cc1cc(C)c(C)c(-c2nc(C)c(CN)s2)c1C. The van der Waals surface area contributed by atoms with Crippen LogP contribution >= 0.6 is 11.3 Å². The van der Waals surface area contributed by atoms with Crippen LogP contribution in [-0.4, -0.2) is 4.98 Å². The molecule has 0 aliphatic carbocycles. The Labute approximate surface area is 113 Å². The molecular weight excluding hydrogens is 240 g/mol. The van der Waals surface area contributed by atoms with Crippen molar-refractivity contribution in [3.05, 3.63) is 38.9 Å². The smallest absolute Gasteiger partial charge is 0.124 e. The van der Waals surface area contributed by atoms with Crippen LogP contribution < -0.4 is 5.73 Å². The second kappa shape index (κ2) is 4.82. The number of hydrogen-bond donors (Lipinski definition) is 1. The number of hydrogen-bond acceptors (Lipinski definition) is 3. The normalized spacial score (nSPS) is 11.0. The molecule has 2 aromatic rings. The van der Waals surface area contributed by atoms with E-state index in [0.717, 1.165) is 10.7 Å². The van der Waals surface area contributed by atoms with Crippen LogP contribution in [0, 0.1) is 34.6 Å². The number of benzene rings is 1. The molecule has 2 rings (SSSR count). The Morgan fingerprint density at radius 3 is 2.06 bits per heavy atom. The van der Waals surface area contributed by atoms with Gasteiger partial charge in [-0.25, -0.2) is 4.98 Å². The topological polar surface area (TPSA) is 38.9 Å². The minimum Gasteiger partial charge on any atom is -0.326 e. The van der Waals surface area contributed by atoms with Gasteiger partial charge in [0.15, 0.2) is 0 Å². The van der Waals surface area contributed by atoms with Gasteiger partial charge in [0.2, 0.25) is 0 Å². The van der Waals surface area contributed by atoms with Gasteiger partial charge in [0.05, 0.1) is 5.69 Å². The number of nitrogens with two attached hydrogens (primary N) is 1. The lowest BCUT2D eigenvalue weighted by molar-refractivity contribution is 1.06. The fourth-order valence-electron chi connectivity index (χ4n) is 2.26. The zero-order chi connectivity index (χ0) is 13.4. The van der Waals surface area contributed by atoms with Crippen molar-refractivity contribution in [2.75, 3.05) is 0 Å². The van der Waals surface area contributed by atoms with E-state index in [1.54, 1.807) is 11.3 Å². The molecule has 18 heavy (non-hydrogen) atoms. The minimum absolute atomic E-state index is 0.576. The van der Waals surface area contributed by atoms with Crippen LogP contribution in [0.4, 0.5) is 0 Å². The van der Waals surface area contributed by atoms with Gasteiger partial charge in [0, 0.05) is 17.0 Å². The van der Waals surface area contributed by atoms with E-state index >= 15 is 0 Å². The van der Waals surface area contributed by atoms with Crippen LogP contribution in [0.15, 0.2) is 6.07 Å². The molecule has 0 bridgehead atoms. The summed E-state index contributed by atoms with van der Waals surface area (Å²) in [5.41, 5.74) is 13.4. The van der Waals surface area contributed by atoms with E-state index in [-0.39, 0.29) is 0 Å². The van der Waals surface area contributed by atoms with E-state index < -0.39 is 0 Å². The number of aromatic nitrogens is 1. The molecule has 2 N–H and O–H groups in total. The summed E-state index contributed by atoms with van der Waals surface area (Å²) < 4.78 is 0. The van der Waals surface area contributed by atoms with Gasteiger partial charge in [0.1, 0.15) is 5.01 Å². The number of rotatable bonds is 2. The zero-order valence-corrected chi connectivity index (χ0v) is 12.5. The highest BCUT2D eigenvalue weighted by Crippen LogP contribution is 2.35. The van der Waals surface area contributed by atoms with Crippen molar-refractivity contribution < 1.29 is 0 Å². The van der Waals surface area contributed by atoms with Crippen molar-refractivity contribution in [3.63, 3.8) is 0 Å². The van der Waals surface area contributed by atoms with Crippen LogP contribution in [-0.2, 0) is 6.54 Å². The predicted octanol–water partition coefficient (Wildman–Crippen LogP) is 3.81. The van der Waals surface area contributed by atoms with Crippen molar-refractivity contribution in [1.82, 2.24) is 4.98 Å². The molecule has 0 radical (unpaired) electrons. The molecule has 96 valence electrons. The summed E-state index contributed by atoms with van der Waals surface area (Å²) in [6.07, 6.45) is 0. The molecule has 2 nitrogen and oxygen atoms in total. The predicted molar refractivity (Wildman–Crippen MR) is 79.1 cm³/mol. The van der Waals surface area contributed by atoms with Gasteiger partial charge >= 0.3 is 0 Å². The first-order valence-corrected chi connectivity index (χ1v) is 7.01. The molecule has 3 heteroatoms. The maximum absolute atomic E-state index is 5.75. The molecule has 1 heterocycles. The molecule has 0 atom stereocenters. The number of nitrogens with zero attached hydrogens (tertiary/aromatic N) is 1. The summed E-state index contributed by atoms with van der Waals surface area (Å²) >= 11 is 1.72. The van der Waals surface area contributed by atoms with Crippen LogP contribution in [0.25, 0.3) is 10.6 Å². The van der Waals surface area contributed by atoms with E-state index in [0.29, 0.717) is 6.54 Å². The van der Waals surface area contributed by atoms with Crippen LogP contribution in [0.2, 0.25) is 0 Å². The molecule has 0 aliphatic rings. The third-order valence-electron chi connectivity index (χ3n) is 3.66. The van der Waals surface area contributed by atoms with E-state index in [2.05, 4.69) is 33.8 Å². The van der Waals surface area contributed by atoms with E-state index in [4.69, 9.17) is 10.7 Å². The first kappa shape index (κ1) is 13.2. The highest BCUT2D eigenvalue weighted by Gasteiger charge is 2.15. The average molecular weight is 260 g/mol. The quantitative estimate of drug-likeness (QED) is 0.891. The second-order valence-electron chi connectivity index (χ2n) is 4.87. The van der Waals surface area contributed by atoms with Crippen molar-refractivity contribution >= 4 is 11.3 Å². The van der Waals surface area contributed by atoms with E-state index in [9.17, 15) is 0 Å². The summed E-state index contributed by atoms with van der Waals surface area (Å²) in [4.78, 5) is 5.88. The lowest BCUT2D eigenvalue weighted by atomic mass is 9.95. The monoisotopic (exact) mass is 260 g/mol. The van der Waals surface area contributed by atoms with Crippen molar-refractivity contribution in [1.29, 1.82) is 0 Å². The molecule has 0 aliphatic heterocycles. The lowest BCUT2D eigenvalue weighted by Gasteiger charge is -2.13. The molecule has 0 unspecified atom stereocenters. The number of aryl methyl sites for hydroxylation is 3. The fraction of sp³-hybridized carbons (Fsp3) is 0.400. The summed E-state index contributed by atoms with van der Waals surface area (Å²) in [6, 6.07) is 2.25. The van der Waals surface area contributed by atoms with Crippen LogP contribution in [0.1, 0.15) is 32.8 Å². The second-order valence-corrected chi connectivity index (χ2v) is 5.95. The van der Waals surface area contributed by atoms with Crippen molar-refractivity contribution in [3.8, 4) is 10.6 Å². The maximum Gasteiger partial charge on any atom is 0.124 e. The molecule has 0 saturated heterocycles. The lowest BCUT2D eigenvalue weighted by Crippen LogP contribution is -1.94. The Kier molecular flexibility index (Phi) is 3.55. The van der Waals surface area contributed by atoms with Gasteiger partial charge in [-0.1, -0.05) is 6.07 Å². The molecule has 0 saturated carbocycles. The highest BCUT2D eigenvalue weighted by molar-refractivity contribution is 7.15. The van der Waals surface area contributed by atoms with Gasteiger partial charge in [0.25, 0.3) is 0 Å². The van der Waals surface area contributed by atoms with Crippen LogP contribution in [0.3, 0.4) is 0 Å². The van der Waals surface area contributed by atoms with E-state index in [1.807, 2.05) is 6.92 Å². The van der Waals surface area contributed by atoms with E-state index in [1.165, 1.54) is 32.7 Å². The first-order chi connectivity index (χ1) is 8.45. The fourth-order valence-corrected chi connectivity index (χ4v) is 3.36. The highest BCUT2D eigenvalue weighted by atomic mass is 32.1. The Morgan fingerprint density at radius 2 is 1.61 bits per heavy atom. The van der Waals surface area contributed by atoms with Crippen molar-refractivity contribution in [2.45, 2.75) is 41.2 Å². The summed E-state index contributed by atoms with van der Waals surface area (Å²) in [5, 5.41) is 1.11. The third-order valence-corrected chi connectivity index (χ3v) is 4.86. The summed E-state index contributed by atoms with van der Waals surface area (Å²) in [5.74, 6) is 0. The molecule has 0 spiro atoms. The third kappa shape index (κ3) is 2.08. The Balaban J connectivity index is 2.70. The zero-order valence-electron chi connectivity index (χ0n) is 11.7. The molecule has 1 aromatic heterocycles. The summed E-state index contributed by atoms with van der Waals surface area (Å²) in [7, 11) is 0. The van der Waals surface area contributed by atoms with Gasteiger partial charge in [-0.15, -0.1) is 11.3 Å². The standard InChI is InChI=1S/C15H20N2S/c1-8-6-9(2)11(4)14(10(8)3)15-17-12(5)13(7-16)18-15/h6H,7,16H2,1-5H3. The van der Waals surface area contributed by atoms with Gasteiger partial charge < -0.3 is 5.73 Å². The largest absolute Gasteiger partial charge is 0.326 e. The Hall–Kier alpha value is -1.19. The number of thiazole rings is 1. The maximum atomic E-state index is 5.75. The van der Waals surface area contributed by atoms with Gasteiger partial charge in [-0.3, -0.25) is 0 Å². The minimum atomic E-state index is 0.576. The molecule has 0 fully saturated rings.